The van der Waals surface area contributed by atoms with Crippen LogP contribution in [0.5, 0.6) is 0 Å². The lowest BCUT2D eigenvalue weighted by Crippen LogP contribution is -2.41. The molecule has 1 heterocycles. The second-order valence-corrected chi connectivity index (χ2v) is 11.5. The number of hydrogen-bond donors (Lipinski definition) is 0. The molecule has 0 saturated carbocycles. The molecule has 0 atom stereocenters. The maximum absolute atomic E-state index is 8.77. The van der Waals surface area contributed by atoms with Crippen molar-refractivity contribution in [3.63, 3.8) is 0 Å². The summed E-state index contributed by atoms with van der Waals surface area (Å²) in [5.74, 6) is 0. The fraction of sp³-hybridized carbons (Fsp3) is 0.158. The molecule has 1 aliphatic heterocycles. The van der Waals surface area contributed by atoms with E-state index in [-0.39, 0.29) is 46.5 Å². The van der Waals surface area contributed by atoms with E-state index in [1.165, 1.54) is 0 Å². The Morgan fingerprint density at radius 3 is 1.88 bits per heavy atom. The first-order chi connectivity index (χ1) is 22.7. The Balaban J connectivity index is 1.38. The van der Waals surface area contributed by atoms with Gasteiger partial charge in [-0.2, -0.15) is 0 Å². The molecule has 0 aromatic heterocycles. The van der Waals surface area contributed by atoms with Gasteiger partial charge in [0.1, 0.15) is 0 Å². The lowest BCUT2D eigenvalue weighted by atomic mass is 9.76. The lowest BCUT2D eigenvalue weighted by Gasteiger charge is -2.32. The third kappa shape index (κ3) is 4.56. The number of benzene rings is 6. The molecule has 0 spiro atoms. The van der Waals surface area contributed by atoms with Crippen molar-refractivity contribution in [2.45, 2.75) is 38.9 Å². The van der Waals surface area contributed by atoms with Crippen LogP contribution in [-0.2, 0) is 9.31 Å². The first kappa shape index (κ1) is 19.0. The molecule has 6 aromatic rings. The van der Waals surface area contributed by atoms with Gasteiger partial charge in [-0.3, -0.25) is 0 Å². The average Bonchev–Trinajstić information content (AvgIpc) is 3.30. The monoisotopic (exact) mass is 539 g/mol. The Bertz CT molecular complexity index is 2260. The maximum atomic E-state index is 8.77. The normalized spacial score (nSPS) is 18.3. The lowest BCUT2D eigenvalue weighted by molar-refractivity contribution is 0.00578. The Kier molecular flexibility index (Phi) is 4.52. The van der Waals surface area contributed by atoms with Gasteiger partial charge in [-0.15, -0.1) is 0 Å². The molecule has 1 fully saturated rings. The van der Waals surface area contributed by atoms with E-state index < -0.39 is 30.4 Å². The van der Waals surface area contributed by atoms with Crippen LogP contribution in [0.25, 0.3) is 54.9 Å². The maximum Gasteiger partial charge on any atom is 0.494 e. The minimum Gasteiger partial charge on any atom is -0.399 e. The van der Waals surface area contributed by atoms with Crippen LogP contribution in [0, 0.1) is 0 Å². The molecule has 7 rings (SSSR count). The summed E-state index contributed by atoms with van der Waals surface area (Å²) in [6.07, 6.45) is 0. The summed E-state index contributed by atoms with van der Waals surface area (Å²) >= 11 is 0. The summed E-state index contributed by atoms with van der Waals surface area (Å²) in [6, 6.07) is 25.6. The Hall–Kier alpha value is -4.18. The molecule has 1 aliphatic rings. The highest BCUT2D eigenvalue weighted by atomic mass is 16.7. The molecule has 41 heavy (non-hydrogen) atoms. The van der Waals surface area contributed by atoms with Gasteiger partial charge >= 0.3 is 7.12 Å². The smallest absolute Gasteiger partial charge is 0.399 e. The summed E-state index contributed by atoms with van der Waals surface area (Å²) in [4.78, 5) is 0. The van der Waals surface area contributed by atoms with Gasteiger partial charge in [-0.1, -0.05) is 115 Å². The molecular weight excluding hydrogens is 499 g/mol. The van der Waals surface area contributed by atoms with Crippen molar-refractivity contribution in [1.29, 1.82) is 0 Å². The van der Waals surface area contributed by atoms with E-state index in [0.29, 0.717) is 5.56 Å². The van der Waals surface area contributed by atoms with Crippen molar-refractivity contribution in [2.24, 2.45) is 0 Å². The third-order valence-corrected chi connectivity index (χ3v) is 8.41. The Morgan fingerprint density at radius 1 is 0.537 bits per heavy atom. The molecule has 1 saturated heterocycles. The predicted octanol–water partition coefficient (Wildman–Crippen LogP) is 9.29. The minimum absolute atomic E-state index is 0.0530. The van der Waals surface area contributed by atoms with Crippen molar-refractivity contribution in [1.82, 2.24) is 0 Å². The van der Waals surface area contributed by atoms with Gasteiger partial charge in [0.05, 0.1) is 20.8 Å². The molecular formula is C38H33BO2. The summed E-state index contributed by atoms with van der Waals surface area (Å²) in [7, 11) is -0.519. The largest absolute Gasteiger partial charge is 0.494 e. The van der Waals surface area contributed by atoms with E-state index >= 15 is 0 Å². The zero-order valence-corrected chi connectivity index (χ0v) is 23.5. The first-order valence-electron chi connectivity index (χ1n) is 17.3. The van der Waals surface area contributed by atoms with E-state index in [2.05, 4.69) is 36.4 Å². The quantitative estimate of drug-likeness (QED) is 0.208. The second-order valence-electron chi connectivity index (χ2n) is 11.5. The standard InChI is InChI=1S/C38H33BO2/c1-37(2)38(3,4)41-39(40-37)32-21-22-35(26-11-6-5-7-12-26)36(25-32)31-20-18-28-23-30(19-17-29(28)24-31)34-16-10-14-27-13-8-9-15-33(27)34/h5-25H,1-4H3/i8D,9D,10D,13D,14D,15D,16D. The van der Waals surface area contributed by atoms with Gasteiger partial charge in [0.25, 0.3) is 0 Å². The van der Waals surface area contributed by atoms with Crippen LogP contribution in [0.2, 0.25) is 0 Å². The zero-order chi connectivity index (χ0) is 34.3. The molecule has 2 nitrogen and oxygen atoms in total. The fourth-order valence-corrected chi connectivity index (χ4v) is 5.39. The van der Waals surface area contributed by atoms with Crippen molar-refractivity contribution < 1.29 is 18.9 Å². The summed E-state index contributed by atoms with van der Waals surface area (Å²) in [5.41, 5.74) is 4.86. The minimum atomic E-state index is -0.519. The molecule has 200 valence electrons. The van der Waals surface area contributed by atoms with E-state index in [1.807, 2.05) is 76.2 Å². The van der Waals surface area contributed by atoms with E-state index in [9.17, 15) is 0 Å². The predicted molar refractivity (Wildman–Crippen MR) is 173 cm³/mol. The molecule has 0 bridgehead atoms. The molecule has 0 amide bonds. The molecule has 0 N–H and O–H groups in total. The van der Waals surface area contributed by atoms with Crippen molar-refractivity contribution in [3.8, 4) is 33.4 Å². The van der Waals surface area contributed by atoms with Gasteiger partial charge in [0.2, 0.25) is 0 Å². The van der Waals surface area contributed by atoms with Crippen LogP contribution in [0.15, 0.2) is 127 Å². The van der Waals surface area contributed by atoms with Crippen molar-refractivity contribution in [3.05, 3.63) is 127 Å². The molecule has 0 unspecified atom stereocenters. The molecule has 3 heteroatoms. The average molecular weight is 540 g/mol. The van der Waals surface area contributed by atoms with Gasteiger partial charge in [0.15, 0.2) is 0 Å². The van der Waals surface area contributed by atoms with Crippen LogP contribution >= 0.6 is 0 Å². The molecule has 6 aromatic carbocycles. The number of fused-ring (bicyclic) bond motifs is 2. The van der Waals surface area contributed by atoms with Crippen molar-refractivity contribution >= 4 is 34.1 Å². The zero-order valence-electron chi connectivity index (χ0n) is 30.5. The third-order valence-electron chi connectivity index (χ3n) is 8.41. The number of rotatable bonds is 4. The summed E-state index contributed by atoms with van der Waals surface area (Å²) < 4.78 is 71.9. The van der Waals surface area contributed by atoms with Gasteiger partial charge in [-0.05, 0) is 100 Å². The molecule has 0 aliphatic carbocycles. The SMILES string of the molecule is [2H]c1c([2H])c([2H])c2c(-c3ccc4cc(-c5cc(B6OC(C)(C)C(C)(C)O6)ccc5-c5ccccc5)ccc4c3)c([2H])c([2H])c([2H])c2c1[2H]. The van der Waals surface area contributed by atoms with E-state index in [4.69, 9.17) is 18.9 Å². The van der Waals surface area contributed by atoms with Crippen LogP contribution in [-0.4, -0.2) is 18.3 Å². The van der Waals surface area contributed by atoms with Gasteiger partial charge < -0.3 is 9.31 Å². The summed E-state index contributed by atoms with van der Waals surface area (Å²) in [6.45, 7) is 8.16. The van der Waals surface area contributed by atoms with Crippen LogP contribution < -0.4 is 5.46 Å². The fourth-order valence-electron chi connectivity index (χ4n) is 5.39. The van der Waals surface area contributed by atoms with E-state index in [0.717, 1.165) is 38.5 Å². The Labute approximate surface area is 252 Å². The van der Waals surface area contributed by atoms with Crippen LogP contribution in [0.3, 0.4) is 0 Å². The second kappa shape index (κ2) is 9.73. The first-order valence-corrected chi connectivity index (χ1v) is 13.8. The number of hydrogen-bond acceptors (Lipinski definition) is 2. The van der Waals surface area contributed by atoms with Gasteiger partial charge in [0, 0.05) is 0 Å². The summed E-state index contributed by atoms with van der Waals surface area (Å²) in [5, 5.41) is 1.81. The van der Waals surface area contributed by atoms with Gasteiger partial charge in [-0.25, -0.2) is 0 Å². The Morgan fingerprint density at radius 2 is 1.17 bits per heavy atom. The van der Waals surface area contributed by atoms with Crippen LogP contribution in [0.4, 0.5) is 0 Å². The highest BCUT2D eigenvalue weighted by Crippen LogP contribution is 2.39. The van der Waals surface area contributed by atoms with Crippen LogP contribution in [0.1, 0.15) is 37.3 Å². The highest BCUT2D eigenvalue weighted by Gasteiger charge is 2.51. The highest BCUT2D eigenvalue weighted by molar-refractivity contribution is 6.62. The van der Waals surface area contributed by atoms with Crippen molar-refractivity contribution in [2.75, 3.05) is 0 Å². The topological polar surface area (TPSA) is 18.5 Å². The van der Waals surface area contributed by atoms with E-state index in [1.54, 1.807) is 0 Å². The molecule has 0 radical (unpaired) electrons.